The summed E-state index contributed by atoms with van der Waals surface area (Å²) in [5.41, 5.74) is 2.11. The van der Waals surface area contributed by atoms with Crippen molar-refractivity contribution in [2.45, 2.75) is 18.9 Å². The average molecular weight is 341 g/mol. The van der Waals surface area contributed by atoms with Crippen LogP contribution in [-0.2, 0) is 0 Å². The Bertz CT molecular complexity index is 1010. The first-order valence-electron chi connectivity index (χ1n) is 8.05. The Morgan fingerprint density at radius 1 is 1.16 bits per heavy atom. The number of benzene rings is 2. The van der Waals surface area contributed by atoms with Crippen LogP contribution in [0.15, 0.2) is 41.2 Å². The number of nitrogens with one attached hydrogen (secondary N) is 3. The number of rotatable bonds is 2. The molecule has 7 heteroatoms. The molecule has 0 unspecified atom stereocenters. The number of aromatic amines is 2. The molecule has 0 saturated heterocycles. The number of hydrogen-bond donors (Lipinski definition) is 3. The van der Waals surface area contributed by atoms with Crippen molar-refractivity contribution < 1.29 is 13.9 Å². The Balaban J connectivity index is 1.62. The van der Waals surface area contributed by atoms with Crippen molar-refractivity contribution in [2.75, 3.05) is 6.61 Å². The molecule has 0 aliphatic carbocycles. The van der Waals surface area contributed by atoms with Crippen LogP contribution < -0.4 is 15.7 Å². The minimum Gasteiger partial charge on any atom is -0.493 e. The van der Waals surface area contributed by atoms with E-state index in [1.807, 2.05) is 0 Å². The normalized spacial score (nSPS) is 16.8. The molecule has 0 radical (unpaired) electrons. The van der Waals surface area contributed by atoms with E-state index in [0.717, 1.165) is 12.0 Å². The monoisotopic (exact) mass is 341 g/mol. The zero-order valence-electron chi connectivity index (χ0n) is 13.3. The van der Waals surface area contributed by atoms with Crippen molar-refractivity contribution in [3.05, 3.63) is 63.8 Å². The zero-order chi connectivity index (χ0) is 17.4. The van der Waals surface area contributed by atoms with Crippen LogP contribution in [0.25, 0.3) is 11.0 Å². The number of fused-ring (bicyclic) bond motifs is 2. The zero-order valence-corrected chi connectivity index (χ0v) is 13.3. The first-order valence-corrected chi connectivity index (χ1v) is 8.05. The van der Waals surface area contributed by atoms with E-state index >= 15 is 0 Å². The summed E-state index contributed by atoms with van der Waals surface area (Å²) in [5, 5.41) is 2.98. The molecule has 0 fully saturated rings. The molecule has 2 aromatic carbocycles. The first kappa shape index (κ1) is 15.4. The topological polar surface area (TPSA) is 87.0 Å². The maximum Gasteiger partial charge on any atom is 0.323 e. The Morgan fingerprint density at radius 3 is 2.88 bits per heavy atom. The van der Waals surface area contributed by atoms with Crippen LogP contribution >= 0.6 is 0 Å². The van der Waals surface area contributed by atoms with Gasteiger partial charge in [0.25, 0.3) is 5.91 Å². The fraction of sp³-hybridized carbons (Fsp3) is 0.222. The van der Waals surface area contributed by atoms with Crippen LogP contribution in [-0.4, -0.2) is 22.5 Å². The van der Waals surface area contributed by atoms with Gasteiger partial charge in [0.1, 0.15) is 11.6 Å². The van der Waals surface area contributed by atoms with Crippen LogP contribution in [0.2, 0.25) is 0 Å². The van der Waals surface area contributed by atoms with Crippen LogP contribution in [0.4, 0.5) is 4.39 Å². The SMILES string of the molecule is O=C(N[C@H]1CCCOc2cc(F)ccc21)c1ccc2[nH]c(=O)[nH]c2c1. The van der Waals surface area contributed by atoms with Crippen molar-refractivity contribution in [3.8, 4) is 5.75 Å². The summed E-state index contributed by atoms with van der Waals surface area (Å²) >= 11 is 0. The number of carbonyl (C=O) groups excluding carboxylic acids is 1. The number of aromatic nitrogens is 2. The van der Waals surface area contributed by atoms with Gasteiger partial charge >= 0.3 is 5.69 Å². The predicted molar refractivity (Wildman–Crippen MR) is 90.3 cm³/mol. The third-order valence-electron chi connectivity index (χ3n) is 4.33. The predicted octanol–water partition coefficient (Wildman–Crippen LogP) is 2.64. The highest BCUT2D eigenvalue weighted by Crippen LogP contribution is 2.32. The van der Waals surface area contributed by atoms with E-state index in [9.17, 15) is 14.0 Å². The third-order valence-corrected chi connectivity index (χ3v) is 4.33. The molecule has 0 bridgehead atoms. The lowest BCUT2D eigenvalue weighted by atomic mass is 10.0. The number of halogens is 1. The summed E-state index contributed by atoms with van der Waals surface area (Å²) in [5.74, 6) is -0.160. The molecule has 6 nitrogen and oxygen atoms in total. The van der Waals surface area contributed by atoms with E-state index < -0.39 is 0 Å². The van der Waals surface area contributed by atoms with Crippen molar-refractivity contribution in [1.29, 1.82) is 0 Å². The van der Waals surface area contributed by atoms with Gasteiger partial charge in [-0.3, -0.25) is 4.79 Å². The number of H-pyrrole nitrogens is 2. The standard InChI is InChI=1S/C18H16FN3O3/c19-11-4-5-12-13(2-1-7-25-16(12)9-11)20-17(23)10-3-6-14-15(8-10)22-18(24)21-14/h3-6,8-9,13H,1-2,7H2,(H,20,23)(H2,21,22,24)/t13-/m0/s1. The smallest absolute Gasteiger partial charge is 0.323 e. The average Bonchev–Trinajstić information content (AvgIpc) is 2.85. The fourth-order valence-electron chi connectivity index (χ4n) is 3.11. The molecule has 1 atom stereocenters. The Morgan fingerprint density at radius 2 is 2.00 bits per heavy atom. The number of hydrogen-bond acceptors (Lipinski definition) is 3. The highest BCUT2D eigenvalue weighted by Gasteiger charge is 2.22. The van der Waals surface area contributed by atoms with Gasteiger partial charge in [0.2, 0.25) is 0 Å². The molecule has 0 spiro atoms. The van der Waals surface area contributed by atoms with Gasteiger partial charge in [-0.05, 0) is 37.1 Å². The molecule has 2 heterocycles. The minimum atomic E-state index is -0.368. The summed E-state index contributed by atoms with van der Waals surface area (Å²) in [6.45, 7) is 0.485. The van der Waals surface area contributed by atoms with Crippen molar-refractivity contribution in [2.24, 2.45) is 0 Å². The van der Waals surface area contributed by atoms with E-state index in [-0.39, 0.29) is 23.5 Å². The molecule has 1 aliphatic rings. The molecular formula is C18H16FN3O3. The highest BCUT2D eigenvalue weighted by molar-refractivity contribution is 5.97. The van der Waals surface area contributed by atoms with Crippen molar-refractivity contribution in [1.82, 2.24) is 15.3 Å². The Hall–Kier alpha value is -3.09. The molecule has 25 heavy (non-hydrogen) atoms. The van der Waals surface area contributed by atoms with Gasteiger partial charge in [-0.15, -0.1) is 0 Å². The lowest BCUT2D eigenvalue weighted by molar-refractivity contribution is 0.0935. The molecule has 4 rings (SSSR count). The van der Waals surface area contributed by atoms with Crippen molar-refractivity contribution in [3.63, 3.8) is 0 Å². The van der Waals surface area contributed by atoms with Gasteiger partial charge in [0, 0.05) is 17.2 Å². The van der Waals surface area contributed by atoms with Gasteiger partial charge in [-0.25, -0.2) is 9.18 Å². The largest absolute Gasteiger partial charge is 0.493 e. The fourth-order valence-corrected chi connectivity index (χ4v) is 3.11. The first-order chi connectivity index (χ1) is 12.1. The lowest BCUT2D eigenvalue weighted by Crippen LogP contribution is -2.28. The van der Waals surface area contributed by atoms with Gasteiger partial charge in [-0.1, -0.05) is 6.07 Å². The molecular weight excluding hydrogens is 325 g/mol. The van der Waals surface area contributed by atoms with E-state index in [4.69, 9.17) is 4.74 Å². The molecule has 1 amide bonds. The molecule has 3 aromatic rings. The van der Waals surface area contributed by atoms with Crippen LogP contribution in [0.5, 0.6) is 5.75 Å². The lowest BCUT2D eigenvalue weighted by Gasteiger charge is -2.18. The summed E-state index contributed by atoms with van der Waals surface area (Å²) in [7, 11) is 0. The quantitative estimate of drug-likeness (QED) is 0.670. The van der Waals surface area contributed by atoms with E-state index in [1.165, 1.54) is 12.1 Å². The molecule has 3 N–H and O–H groups in total. The van der Waals surface area contributed by atoms with Crippen LogP contribution in [0.1, 0.15) is 34.8 Å². The number of amides is 1. The van der Waals surface area contributed by atoms with Crippen LogP contribution in [0, 0.1) is 5.82 Å². The van der Waals surface area contributed by atoms with E-state index in [0.29, 0.717) is 35.4 Å². The minimum absolute atomic E-state index is 0.258. The molecule has 1 aromatic heterocycles. The third kappa shape index (κ3) is 3.00. The summed E-state index contributed by atoms with van der Waals surface area (Å²) in [6, 6.07) is 9.06. The van der Waals surface area contributed by atoms with Gasteiger partial charge in [0.15, 0.2) is 0 Å². The number of carbonyl (C=O) groups is 1. The molecule has 1 aliphatic heterocycles. The summed E-state index contributed by atoms with van der Waals surface area (Å²) in [4.78, 5) is 29.2. The van der Waals surface area contributed by atoms with E-state index in [2.05, 4.69) is 15.3 Å². The van der Waals surface area contributed by atoms with E-state index in [1.54, 1.807) is 24.3 Å². The van der Waals surface area contributed by atoms with Gasteiger partial charge in [-0.2, -0.15) is 0 Å². The van der Waals surface area contributed by atoms with Crippen LogP contribution in [0.3, 0.4) is 0 Å². The van der Waals surface area contributed by atoms with Gasteiger partial charge in [0.05, 0.1) is 23.7 Å². The maximum absolute atomic E-state index is 13.4. The second kappa shape index (κ2) is 6.08. The Kier molecular flexibility index (Phi) is 3.76. The van der Waals surface area contributed by atoms with Gasteiger partial charge < -0.3 is 20.0 Å². The highest BCUT2D eigenvalue weighted by atomic mass is 19.1. The Labute approximate surface area is 142 Å². The maximum atomic E-state index is 13.4. The molecule has 128 valence electrons. The summed E-state index contributed by atoms with van der Waals surface area (Å²) < 4.78 is 19.0. The second-order valence-corrected chi connectivity index (χ2v) is 6.04. The molecule has 0 saturated carbocycles. The number of ether oxygens (including phenoxy) is 1. The number of imidazole rings is 1. The summed E-state index contributed by atoms with van der Waals surface area (Å²) in [6.07, 6.45) is 1.46. The second-order valence-electron chi connectivity index (χ2n) is 6.04. The van der Waals surface area contributed by atoms with Crippen molar-refractivity contribution >= 4 is 16.9 Å².